The third-order valence-corrected chi connectivity index (χ3v) is 3.30. The van der Waals surface area contributed by atoms with Crippen molar-refractivity contribution in [1.82, 2.24) is 5.32 Å². The van der Waals surface area contributed by atoms with E-state index in [1.165, 1.54) is 5.56 Å². The van der Waals surface area contributed by atoms with Crippen molar-refractivity contribution in [2.75, 3.05) is 0 Å². The minimum atomic E-state index is -0.0118. The molecule has 0 heterocycles. The highest BCUT2D eigenvalue weighted by atomic mass is 16.1. The molecule has 1 N–H and O–H groups in total. The van der Waals surface area contributed by atoms with Crippen molar-refractivity contribution >= 4 is 12.0 Å². The van der Waals surface area contributed by atoms with Crippen LogP contribution in [0.4, 0.5) is 0 Å². The summed E-state index contributed by atoms with van der Waals surface area (Å²) in [5.41, 5.74) is 3.00. The van der Waals surface area contributed by atoms with Gasteiger partial charge >= 0.3 is 0 Å². The summed E-state index contributed by atoms with van der Waals surface area (Å²) in [6.45, 7) is 3.87. The Morgan fingerprint density at radius 2 is 1.62 bits per heavy atom. The summed E-state index contributed by atoms with van der Waals surface area (Å²) in [6, 6.07) is 20.2. The van der Waals surface area contributed by atoms with Gasteiger partial charge < -0.3 is 5.32 Å². The molecule has 2 nitrogen and oxygen atoms in total. The molecule has 0 saturated carbocycles. The molecule has 2 aromatic rings. The molecule has 0 aromatic heterocycles. The zero-order valence-electron chi connectivity index (χ0n) is 12.5. The zero-order chi connectivity index (χ0) is 15.1. The maximum absolute atomic E-state index is 12.2. The van der Waals surface area contributed by atoms with E-state index in [9.17, 15) is 4.79 Å². The van der Waals surface area contributed by atoms with Gasteiger partial charge in [0.1, 0.15) is 0 Å². The zero-order valence-corrected chi connectivity index (χ0v) is 12.5. The van der Waals surface area contributed by atoms with Gasteiger partial charge in [0.15, 0.2) is 0 Å². The maximum atomic E-state index is 12.2. The Labute approximate surface area is 126 Å². The first-order valence-corrected chi connectivity index (χ1v) is 7.23. The standard InChI is InChI=1S/C19H21NO/c1-15(13-17-9-5-3-6-10-17)19(21)20-16(2)14-18-11-7-4-8-12-18/h3-13,16H,14H2,1-2H3,(H,20,21)/b15-13+/t16-/m1/s1. The minimum absolute atomic E-state index is 0.0118. The van der Waals surface area contributed by atoms with Gasteiger partial charge in [-0.2, -0.15) is 0 Å². The van der Waals surface area contributed by atoms with Crippen LogP contribution in [0.2, 0.25) is 0 Å². The summed E-state index contributed by atoms with van der Waals surface area (Å²) in [6.07, 6.45) is 2.75. The van der Waals surface area contributed by atoms with E-state index in [0.717, 1.165) is 17.6 Å². The molecule has 0 aliphatic rings. The van der Waals surface area contributed by atoms with Crippen LogP contribution in [0, 0.1) is 0 Å². The van der Waals surface area contributed by atoms with Crippen LogP contribution < -0.4 is 5.32 Å². The molecule has 0 bridgehead atoms. The van der Waals surface area contributed by atoms with Crippen LogP contribution >= 0.6 is 0 Å². The monoisotopic (exact) mass is 279 g/mol. The molecule has 0 aliphatic carbocycles. The van der Waals surface area contributed by atoms with Gasteiger partial charge in [0.2, 0.25) is 5.91 Å². The predicted octanol–water partition coefficient (Wildman–Crippen LogP) is 3.84. The molecule has 0 aliphatic heterocycles. The van der Waals surface area contributed by atoms with E-state index in [2.05, 4.69) is 17.4 Å². The Morgan fingerprint density at radius 3 is 2.24 bits per heavy atom. The van der Waals surface area contributed by atoms with Crippen molar-refractivity contribution in [3.8, 4) is 0 Å². The SMILES string of the molecule is C/C(=C\c1ccccc1)C(=O)N[C@H](C)Cc1ccccc1. The summed E-state index contributed by atoms with van der Waals surface area (Å²) in [5.74, 6) is -0.0118. The van der Waals surface area contributed by atoms with Gasteiger partial charge in [-0.1, -0.05) is 60.7 Å². The number of nitrogens with one attached hydrogen (secondary N) is 1. The molecule has 0 saturated heterocycles. The Kier molecular flexibility index (Phi) is 5.33. The maximum Gasteiger partial charge on any atom is 0.247 e. The Morgan fingerprint density at radius 1 is 1.05 bits per heavy atom. The van der Waals surface area contributed by atoms with Crippen molar-refractivity contribution in [3.05, 3.63) is 77.4 Å². The molecule has 2 rings (SSSR count). The number of hydrogen-bond acceptors (Lipinski definition) is 1. The minimum Gasteiger partial charge on any atom is -0.350 e. The van der Waals surface area contributed by atoms with Crippen molar-refractivity contribution in [2.45, 2.75) is 26.3 Å². The summed E-state index contributed by atoms with van der Waals surface area (Å²) < 4.78 is 0. The van der Waals surface area contributed by atoms with Crippen molar-refractivity contribution < 1.29 is 4.79 Å². The van der Waals surface area contributed by atoms with E-state index in [-0.39, 0.29) is 11.9 Å². The third kappa shape index (κ3) is 4.92. The lowest BCUT2D eigenvalue weighted by Gasteiger charge is -2.14. The van der Waals surface area contributed by atoms with Crippen LogP contribution in [-0.2, 0) is 11.2 Å². The normalized spacial score (nSPS) is 12.8. The van der Waals surface area contributed by atoms with E-state index >= 15 is 0 Å². The van der Waals surface area contributed by atoms with Crippen molar-refractivity contribution in [3.63, 3.8) is 0 Å². The van der Waals surface area contributed by atoms with Crippen LogP contribution in [0.3, 0.4) is 0 Å². The molecule has 21 heavy (non-hydrogen) atoms. The first-order chi connectivity index (χ1) is 10.1. The van der Waals surface area contributed by atoms with Crippen LogP contribution in [0.5, 0.6) is 0 Å². The average molecular weight is 279 g/mol. The molecule has 108 valence electrons. The molecule has 2 aromatic carbocycles. The Balaban J connectivity index is 1.93. The summed E-state index contributed by atoms with van der Waals surface area (Å²) >= 11 is 0. The molecule has 0 unspecified atom stereocenters. The molecule has 0 fully saturated rings. The number of benzene rings is 2. The van der Waals surface area contributed by atoms with Crippen molar-refractivity contribution in [1.29, 1.82) is 0 Å². The number of amides is 1. The number of carbonyl (C=O) groups is 1. The number of hydrogen-bond donors (Lipinski definition) is 1. The smallest absolute Gasteiger partial charge is 0.247 e. The van der Waals surface area contributed by atoms with Gasteiger partial charge in [0.25, 0.3) is 0 Å². The van der Waals surface area contributed by atoms with E-state index in [1.54, 1.807) is 0 Å². The fraction of sp³-hybridized carbons (Fsp3) is 0.211. The highest BCUT2D eigenvalue weighted by Gasteiger charge is 2.09. The highest BCUT2D eigenvalue weighted by Crippen LogP contribution is 2.07. The van der Waals surface area contributed by atoms with Crippen LogP contribution in [-0.4, -0.2) is 11.9 Å². The molecular formula is C19H21NO. The Hall–Kier alpha value is -2.35. The first-order valence-electron chi connectivity index (χ1n) is 7.23. The molecular weight excluding hydrogens is 258 g/mol. The lowest BCUT2D eigenvalue weighted by Crippen LogP contribution is -2.34. The van der Waals surface area contributed by atoms with Crippen LogP contribution in [0.1, 0.15) is 25.0 Å². The van der Waals surface area contributed by atoms with Crippen molar-refractivity contribution in [2.24, 2.45) is 0 Å². The molecule has 2 heteroatoms. The lowest BCUT2D eigenvalue weighted by molar-refractivity contribution is -0.117. The summed E-state index contributed by atoms with van der Waals surface area (Å²) in [5, 5.41) is 3.04. The van der Waals surface area contributed by atoms with Gasteiger partial charge in [-0.25, -0.2) is 0 Å². The molecule has 1 atom stereocenters. The topological polar surface area (TPSA) is 29.1 Å². The molecule has 1 amide bonds. The average Bonchev–Trinajstić information content (AvgIpc) is 2.49. The van der Waals surface area contributed by atoms with Gasteiger partial charge in [-0.3, -0.25) is 4.79 Å². The highest BCUT2D eigenvalue weighted by molar-refractivity contribution is 5.97. The second-order valence-corrected chi connectivity index (χ2v) is 5.30. The lowest BCUT2D eigenvalue weighted by atomic mass is 10.1. The van der Waals surface area contributed by atoms with Gasteiger partial charge in [-0.05, 0) is 37.5 Å². The summed E-state index contributed by atoms with van der Waals surface area (Å²) in [4.78, 5) is 12.2. The Bertz CT molecular complexity index is 602. The van der Waals surface area contributed by atoms with Crippen LogP contribution in [0.15, 0.2) is 66.2 Å². The number of rotatable bonds is 5. The van der Waals surface area contributed by atoms with E-state index in [1.807, 2.05) is 68.5 Å². The first kappa shape index (κ1) is 15.0. The number of carbonyl (C=O) groups excluding carboxylic acids is 1. The fourth-order valence-electron chi connectivity index (χ4n) is 2.22. The predicted molar refractivity (Wildman–Crippen MR) is 87.8 cm³/mol. The van der Waals surface area contributed by atoms with E-state index in [4.69, 9.17) is 0 Å². The van der Waals surface area contributed by atoms with E-state index in [0.29, 0.717) is 0 Å². The van der Waals surface area contributed by atoms with Gasteiger partial charge in [-0.15, -0.1) is 0 Å². The van der Waals surface area contributed by atoms with E-state index < -0.39 is 0 Å². The van der Waals surface area contributed by atoms with Gasteiger partial charge in [0, 0.05) is 11.6 Å². The summed E-state index contributed by atoms with van der Waals surface area (Å²) in [7, 11) is 0. The second-order valence-electron chi connectivity index (χ2n) is 5.30. The fourth-order valence-corrected chi connectivity index (χ4v) is 2.22. The molecule has 0 radical (unpaired) electrons. The second kappa shape index (κ2) is 7.44. The largest absolute Gasteiger partial charge is 0.350 e. The van der Waals surface area contributed by atoms with Crippen LogP contribution in [0.25, 0.3) is 6.08 Å². The quantitative estimate of drug-likeness (QED) is 0.828. The molecule has 0 spiro atoms. The van der Waals surface area contributed by atoms with Gasteiger partial charge in [0.05, 0.1) is 0 Å². The third-order valence-electron chi connectivity index (χ3n) is 3.30.